The van der Waals surface area contributed by atoms with Crippen molar-refractivity contribution in [2.75, 3.05) is 5.32 Å². The average Bonchev–Trinajstić information content (AvgIpc) is 3.05. The smallest absolute Gasteiger partial charge is 0.135 e. The van der Waals surface area contributed by atoms with Crippen LogP contribution in [0.5, 0.6) is 0 Å². The Kier molecular flexibility index (Phi) is 3.78. The molecule has 1 N–H and O–H groups in total. The zero-order valence-corrected chi connectivity index (χ0v) is 17.3. The Morgan fingerprint density at radius 1 is 0.929 bits per heavy atom. The van der Waals surface area contributed by atoms with E-state index in [1.807, 2.05) is 6.07 Å². The Balaban J connectivity index is 1.54. The second-order valence-electron chi connectivity index (χ2n) is 9.74. The number of nitrogens with one attached hydrogen (secondary N) is 1. The van der Waals surface area contributed by atoms with Crippen molar-refractivity contribution in [2.24, 2.45) is 0 Å². The summed E-state index contributed by atoms with van der Waals surface area (Å²) in [6.07, 6.45) is 7.79. The number of rotatable bonds is 2. The van der Waals surface area contributed by atoms with Gasteiger partial charge in [-0.25, -0.2) is 0 Å². The fourth-order valence-corrected chi connectivity index (χ4v) is 5.01. The highest BCUT2D eigenvalue weighted by Gasteiger charge is 2.37. The SMILES string of the molecule is CC1(C)CCC(C)(C)c2cc(NC3CC=Cc4oc5ccccc5c43)ccc21. The molecule has 28 heavy (non-hydrogen) atoms. The molecule has 0 aliphatic heterocycles. The van der Waals surface area contributed by atoms with Crippen molar-refractivity contribution in [2.45, 2.75) is 63.8 Å². The van der Waals surface area contributed by atoms with Crippen LogP contribution in [0.25, 0.3) is 17.0 Å². The van der Waals surface area contributed by atoms with Crippen molar-refractivity contribution < 1.29 is 4.42 Å². The van der Waals surface area contributed by atoms with Crippen LogP contribution in [-0.4, -0.2) is 0 Å². The normalized spacial score (nSPS) is 21.9. The Hall–Kier alpha value is -2.48. The van der Waals surface area contributed by atoms with E-state index in [1.165, 1.54) is 40.6 Å². The summed E-state index contributed by atoms with van der Waals surface area (Å²) in [6.45, 7) is 9.53. The quantitative estimate of drug-likeness (QED) is 0.509. The maximum Gasteiger partial charge on any atom is 0.135 e. The molecule has 0 bridgehead atoms. The minimum atomic E-state index is 0.225. The maximum absolute atomic E-state index is 6.08. The van der Waals surface area contributed by atoms with Crippen molar-refractivity contribution in [1.29, 1.82) is 0 Å². The van der Waals surface area contributed by atoms with Crippen LogP contribution in [0.1, 0.15) is 75.4 Å². The molecule has 0 fully saturated rings. The van der Waals surface area contributed by atoms with Crippen molar-refractivity contribution in [3.05, 3.63) is 71.0 Å². The summed E-state index contributed by atoms with van der Waals surface area (Å²) in [6, 6.07) is 15.6. The van der Waals surface area contributed by atoms with Gasteiger partial charge in [-0.1, -0.05) is 58.0 Å². The second-order valence-corrected chi connectivity index (χ2v) is 9.74. The van der Waals surface area contributed by atoms with Gasteiger partial charge in [-0.3, -0.25) is 0 Å². The summed E-state index contributed by atoms with van der Waals surface area (Å²) in [4.78, 5) is 0. The standard InChI is InChI=1S/C26H29NO/c1-25(2)14-15-26(3,4)20-16-17(12-13-19(20)25)27-21-9-7-11-23-24(21)18-8-5-6-10-22(18)28-23/h5-8,10-13,16,21,27H,9,14-15H2,1-4H3. The highest BCUT2D eigenvalue weighted by Crippen LogP contribution is 2.47. The molecule has 1 aromatic heterocycles. The van der Waals surface area contributed by atoms with Gasteiger partial charge in [0.1, 0.15) is 11.3 Å². The van der Waals surface area contributed by atoms with E-state index in [4.69, 9.17) is 4.42 Å². The van der Waals surface area contributed by atoms with Gasteiger partial charge >= 0.3 is 0 Å². The summed E-state index contributed by atoms with van der Waals surface area (Å²) in [5.41, 5.74) is 6.95. The molecule has 144 valence electrons. The van der Waals surface area contributed by atoms with Gasteiger partial charge < -0.3 is 9.73 Å². The molecular formula is C26H29NO. The van der Waals surface area contributed by atoms with Gasteiger partial charge in [-0.05, 0) is 65.5 Å². The Morgan fingerprint density at radius 3 is 2.50 bits per heavy atom. The van der Waals surface area contributed by atoms with Crippen LogP contribution in [0.4, 0.5) is 5.69 Å². The van der Waals surface area contributed by atoms with Gasteiger partial charge in [0.25, 0.3) is 0 Å². The first-order chi connectivity index (χ1) is 13.4. The van der Waals surface area contributed by atoms with Crippen LogP contribution in [0, 0.1) is 0 Å². The van der Waals surface area contributed by atoms with Gasteiger partial charge in [0.15, 0.2) is 0 Å². The molecule has 5 rings (SSSR count). The third-order valence-electron chi connectivity index (χ3n) is 6.85. The topological polar surface area (TPSA) is 25.2 Å². The molecule has 2 heteroatoms. The minimum absolute atomic E-state index is 0.225. The van der Waals surface area contributed by atoms with E-state index < -0.39 is 0 Å². The van der Waals surface area contributed by atoms with E-state index in [1.54, 1.807) is 0 Å². The predicted octanol–water partition coefficient (Wildman–Crippen LogP) is 7.35. The number of benzene rings is 2. The van der Waals surface area contributed by atoms with Crippen LogP contribution >= 0.6 is 0 Å². The first-order valence-electron chi connectivity index (χ1n) is 10.4. The molecule has 0 spiro atoms. The third-order valence-corrected chi connectivity index (χ3v) is 6.85. The lowest BCUT2D eigenvalue weighted by molar-refractivity contribution is 0.332. The molecule has 2 aliphatic carbocycles. The minimum Gasteiger partial charge on any atom is -0.456 e. The number of hydrogen-bond acceptors (Lipinski definition) is 2. The lowest BCUT2D eigenvalue weighted by Crippen LogP contribution is -2.33. The van der Waals surface area contributed by atoms with Gasteiger partial charge in [0.2, 0.25) is 0 Å². The average molecular weight is 372 g/mol. The fourth-order valence-electron chi connectivity index (χ4n) is 5.01. The van der Waals surface area contributed by atoms with Crippen molar-refractivity contribution in [3.8, 4) is 0 Å². The zero-order chi connectivity index (χ0) is 19.5. The van der Waals surface area contributed by atoms with Gasteiger partial charge in [-0.2, -0.15) is 0 Å². The zero-order valence-electron chi connectivity index (χ0n) is 17.3. The predicted molar refractivity (Wildman–Crippen MR) is 118 cm³/mol. The maximum atomic E-state index is 6.08. The molecule has 1 heterocycles. The molecule has 1 unspecified atom stereocenters. The van der Waals surface area contributed by atoms with E-state index in [0.29, 0.717) is 0 Å². The first kappa shape index (κ1) is 17.6. The van der Waals surface area contributed by atoms with Gasteiger partial charge in [0.05, 0.1) is 6.04 Å². The van der Waals surface area contributed by atoms with Crippen LogP contribution < -0.4 is 5.32 Å². The highest BCUT2D eigenvalue weighted by molar-refractivity contribution is 5.86. The molecule has 1 atom stereocenters. The largest absolute Gasteiger partial charge is 0.456 e. The summed E-state index contributed by atoms with van der Waals surface area (Å²) in [5.74, 6) is 0.990. The lowest BCUT2D eigenvalue weighted by Gasteiger charge is -2.42. The molecule has 3 aromatic rings. The highest BCUT2D eigenvalue weighted by atomic mass is 16.3. The second kappa shape index (κ2) is 6.01. The number of anilines is 1. The summed E-state index contributed by atoms with van der Waals surface area (Å²) in [7, 11) is 0. The fraction of sp³-hybridized carbons (Fsp3) is 0.385. The van der Waals surface area contributed by atoms with Gasteiger partial charge in [0, 0.05) is 16.6 Å². The van der Waals surface area contributed by atoms with Crippen molar-refractivity contribution >= 4 is 22.7 Å². The molecule has 0 amide bonds. The van der Waals surface area contributed by atoms with Gasteiger partial charge in [-0.15, -0.1) is 0 Å². The van der Waals surface area contributed by atoms with E-state index >= 15 is 0 Å². The number of fused-ring (bicyclic) bond motifs is 4. The first-order valence-corrected chi connectivity index (χ1v) is 10.4. The monoisotopic (exact) mass is 371 g/mol. The number of para-hydroxylation sites is 1. The van der Waals surface area contributed by atoms with Crippen LogP contribution in [0.3, 0.4) is 0 Å². The van der Waals surface area contributed by atoms with Crippen molar-refractivity contribution in [3.63, 3.8) is 0 Å². The lowest BCUT2D eigenvalue weighted by atomic mass is 9.63. The third kappa shape index (κ3) is 2.70. The molecule has 2 aromatic carbocycles. The molecule has 0 saturated carbocycles. The molecule has 2 aliphatic rings. The number of hydrogen-bond donors (Lipinski definition) is 1. The van der Waals surface area contributed by atoms with Crippen LogP contribution in [-0.2, 0) is 10.8 Å². The van der Waals surface area contributed by atoms with Crippen LogP contribution in [0.2, 0.25) is 0 Å². The molecule has 2 nitrogen and oxygen atoms in total. The van der Waals surface area contributed by atoms with E-state index in [-0.39, 0.29) is 16.9 Å². The Morgan fingerprint density at radius 2 is 1.68 bits per heavy atom. The summed E-state index contributed by atoms with van der Waals surface area (Å²) < 4.78 is 6.08. The van der Waals surface area contributed by atoms with E-state index in [9.17, 15) is 0 Å². The summed E-state index contributed by atoms with van der Waals surface area (Å²) in [5, 5.41) is 5.04. The van der Waals surface area contributed by atoms with Crippen molar-refractivity contribution in [1.82, 2.24) is 0 Å². The molecule has 0 radical (unpaired) electrons. The Labute approximate surface area is 167 Å². The molecule has 0 saturated heterocycles. The Bertz CT molecular complexity index is 1080. The summed E-state index contributed by atoms with van der Waals surface area (Å²) >= 11 is 0. The number of furan rings is 1. The van der Waals surface area contributed by atoms with Crippen LogP contribution in [0.15, 0.2) is 53.0 Å². The molecular weight excluding hydrogens is 342 g/mol. The van der Waals surface area contributed by atoms with E-state index in [0.717, 1.165) is 17.8 Å². The van der Waals surface area contributed by atoms with E-state index in [2.05, 4.69) is 81.6 Å².